The Kier molecular flexibility index (Phi) is 13.0. The van der Waals surface area contributed by atoms with Crippen LogP contribution in [0.15, 0.2) is 0 Å². The third kappa shape index (κ3) is 9.16. The Balaban J connectivity index is 0.00000600. The van der Waals surface area contributed by atoms with Crippen molar-refractivity contribution in [2.75, 3.05) is 0 Å². The van der Waals surface area contributed by atoms with Crippen molar-refractivity contribution in [1.82, 2.24) is 0 Å². The molecule has 0 heterocycles. The summed E-state index contributed by atoms with van der Waals surface area (Å²) < 4.78 is 120. The number of rotatable bonds is 12. The van der Waals surface area contributed by atoms with Crippen LogP contribution in [-0.4, -0.2) is 57.2 Å². The third-order valence-corrected chi connectivity index (χ3v) is 15.4. The van der Waals surface area contributed by atoms with Crippen molar-refractivity contribution >= 4 is 31.2 Å². The summed E-state index contributed by atoms with van der Waals surface area (Å²) in [6.45, 7) is 18.0. The van der Waals surface area contributed by atoms with Gasteiger partial charge in [-0.25, -0.2) is 25.3 Å². The summed E-state index contributed by atoms with van der Waals surface area (Å²) in [7, 11) is -15.8. The predicted octanol–water partition coefficient (Wildman–Crippen LogP) is 2.14. The molecule has 0 saturated heterocycles. The van der Waals surface area contributed by atoms with Crippen molar-refractivity contribution in [2.24, 2.45) is 63.6 Å². The molecule has 0 aromatic carbocycles. The van der Waals surface area contributed by atoms with Crippen LogP contribution in [-0.2, 0) is 43.7 Å². The zero-order valence-corrected chi connectivity index (χ0v) is 33.8. The minimum atomic E-state index is -5.35. The predicted molar refractivity (Wildman–Crippen MR) is 166 cm³/mol. The molecule has 2 unspecified atom stereocenters. The Hall–Kier alpha value is 0.610. The fraction of sp³-hybridized carbons (Fsp3) is 1.00. The Labute approximate surface area is 305 Å². The maximum atomic E-state index is 12.0. The van der Waals surface area contributed by atoms with E-state index in [1.165, 1.54) is 0 Å². The van der Waals surface area contributed by atoms with Crippen molar-refractivity contribution in [3.8, 4) is 0 Å². The van der Waals surface area contributed by atoms with E-state index < -0.39 is 60.8 Å². The van der Waals surface area contributed by atoms with Crippen LogP contribution in [0.3, 0.4) is 0 Å². The number of hydrogen-bond donors (Lipinski definition) is 0. The topological polar surface area (TPSA) is 199 Å². The molecule has 0 amide bonds. The second-order valence-electron chi connectivity index (χ2n) is 16.5. The minimum absolute atomic E-state index is 0. The third-order valence-electron chi connectivity index (χ3n) is 13.9. The Morgan fingerprint density at radius 2 is 1.21 bits per heavy atom. The second kappa shape index (κ2) is 14.6. The average Bonchev–Trinajstić information content (AvgIpc) is 3.22. The number of fused-ring (bicyclic) bond motifs is 5. The van der Waals surface area contributed by atoms with Crippen LogP contribution in [0.2, 0.25) is 0 Å². The van der Waals surface area contributed by atoms with Gasteiger partial charge in [-0.1, -0.05) is 61.8 Å². The first-order chi connectivity index (χ1) is 20.8. The Morgan fingerprint density at radius 3 is 1.74 bits per heavy atom. The van der Waals surface area contributed by atoms with Gasteiger partial charge < -0.3 is 13.7 Å². The normalized spacial score (nSPS) is 39.3. The van der Waals surface area contributed by atoms with E-state index in [1.807, 2.05) is 6.92 Å². The van der Waals surface area contributed by atoms with Crippen LogP contribution in [0.1, 0.15) is 113 Å². The molecular weight excluding hydrogens is 684 g/mol. The molecule has 0 aliphatic heterocycles. The molecule has 12 nitrogen and oxygen atoms in total. The van der Waals surface area contributed by atoms with E-state index in [4.69, 9.17) is 8.37 Å². The van der Waals surface area contributed by atoms with Crippen molar-refractivity contribution in [1.29, 1.82) is 0 Å². The Morgan fingerprint density at radius 1 is 0.702 bits per heavy atom. The monoisotopic (exact) mass is 736 g/mol. The molecule has 0 radical (unpaired) electrons. The van der Waals surface area contributed by atoms with Crippen molar-refractivity contribution in [3.05, 3.63) is 0 Å². The van der Waals surface area contributed by atoms with E-state index in [2.05, 4.69) is 52.6 Å². The van der Waals surface area contributed by atoms with Gasteiger partial charge in [-0.3, -0.25) is 12.5 Å². The fourth-order valence-corrected chi connectivity index (χ4v) is 12.2. The first-order valence-electron chi connectivity index (χ1n) is 16.7. The van der Waals surface area contributed by atoms with Crippen LogP contribution < -0.4 is 29.6 Å². The summed E-state index contributed by atoms with van der Waals surface area (Å²) >= 11 is 0. The standard InChI is InChI=1S/C31H56O12S3.Na/c1-18(2)29(5,6)20(4)10-9-19(3)22-11-12-23-21-15-26(41-44(32,33)34)25-16-27(42-45(35,36)37)28(43-46(38,39)40)17-31(25,8)24(21)13-14-30(22,23)7;/h18-28H,9-17H2,1-8H3,(H,32,33,34)(H,35,36,37)(H,38,39,40);/q;+1/p-3/t19-,20?,21+,22-,23+,24+,25?,26+,27+,28+,30-,31-;/m1./s1. The first kappa shape index (κ1) is 42.0. The second-order valence-corrected chi connectivity index (χ2v) is 19.5. The van der Waals surface area contributed by atoms with E-state index in [0.29, 0.717) is 23.7 Å². The van der Waals surface area contributed by atoms with E-state index in [0.717, 1.165) is 38.5 Å². The molecule has 0 aromatic heterocycles. The summed E-state index contributed by atoms with van der Waals surface area (Å²) in [5, 5.41) is 0. The summed E-state index contributed by atoms with van der Waals surface area (Å²) in [6, 6.07) is 0. The molecule has 0 aromatic rings. The van der Waals surface area contributed by atoms with Crippen LogP contribution in [0, 0.1) is 63.6 Å². The summed E-state index contributed by atoms with van der Waals surface area (Å²) in [5.74, 6) is 1.33. The summed E-state index contributed by atoms with van der Waals surface area (Å²) in [5.41, 5.74) is -0.713. The largest absolute Gasteiger partial charge is 1.00 e. The van der Waals surface area contributed by atoms with Gasteiger partial charge in [-0.2, -0.15) is 0 Å². The average molecular weight is 737 g/mol. The van der Waals surface area contributed by atoms with Crippen molar-refractivity contribution in [2.45, 2.75) is 131 Å². The van der Waals surface area contributed by atoms with Gasteiger partial charge in [-0.15, -0.1) is 0 Å². The first-order valence-corrected chi connectivity index (χ1v) is 20.7. The van der Waals surface area contributed by atoms with Gasteiger partial charge in [0.1, 0.15) is 12.2 Å². The molecule has 0 spiro atoms. The van der Waals surface area contributed by atoms with Crippen molar-refractivity contribution < 1.29 is 81.0 Å². The van der Waals surface area contributed by atoms with Crippen LogP contribution in [0.4, 0.5) is 0 Å². The SMILES string of the molecule is CC(C)C(C)(C)C(C)CC[C@@H](C)[C@H]1CC[C@H]2[C@@H]3C[C@H](OS(=O)(=O)[O-])C4C[C@H](OS(=O)(=O)[O-])[C@@H](OS(=O)(=O)[O-])C[C@]4(C)[C@H]3CC[C@]12C.[Na+]. The van der Waals surface area contributed by atoms with Crippen LogP contribution in [0.25, 0.3) is 0 Å². The minimum Gasteiger partial charge on any atom is -0.726 e. The molecule has 47 heavy (non-hydrogen) atoms. The molecule has 0 bridgehead atoms. The van der Waals surface area contributed by atoms with Gasteiger partial charge in [0.2, 0.25) is 31.2 Å². The van der Waals surface area contributed by atoms with Crippen molar-refractivity contribution in [3.63, 3.8) is 0 Å². The summed E-state index contributed by atoms with van der Waals surface area (Å²) in [6.07, 6.45) is 1.13. The molecular formula is C31H53NaO12S3-2. The summed E-state index contributed by atoms with van der Waals surface area (Å²) in [4.78, 5) is 0. The smallest absolute Gasteiger partial charge is 0.726 e. The van der Waals surface area contributed by atoms with Crippen LogP contribution in [0.5, 0.6) is 0 Å². The van der Waals surface area contributed by atoms with E-state index in [1.54, 1.807) is 0 Å². The zero-order chi connectivity index (χ0) is 34.8. The maximum Gasteiger partial charge on any atom is 1.00 e. The fourth-order valence-electron chi connectivity index (χ4n) is 10.6. The molecule has 270 valence electrons. The van der Waals surface area contributed by atoms with E-state index >= 15 is 0 Å². The maximum absolute atomic E-state index is 12.0. The Bertz CT molecular complexity index is 1430. The van der Waals surface area contributed by atoms with Gasteiger partial charge in [0.05, 0.1) is 6.10 Å². The quantitative estimate of drug-likeness (QED) is 0.161. The molecule has 4 saturated carbocycles. The molecule has 16 heteroatoms. The van der Waals surface area contributed by atoms with Gasteiger partial charge in [0, 0.05) is 0 Å². The molecule has 12 atom stereocenters. The molecule has 4 rings (SSSR count). The molecule has 4 fully saturated rings. The van der Waals surface area contributed by atoms with Crippen LogP contribution >= 0.6 is 0 Å². The van der Waals surface area contributed by atoms with E-state index in [9.17, 15) is 38.9 Å². The number of hydrogen-bond acceptors (Lipinski definition) is 12. The van der Waals surface area contributed by atoms with Gasteiger partial charge in [-0.05, 0) is 115 Å². The molecule has 4 aliphatic rings. The van der Waals surface area contributed by atoms with Gasteiger partial charge >= 0.3 is 29.6 Å². The zero-order valence-electron chi connectivity index (χ0n) is 29.3. The van der Waals surface area contributed by atoms with Gasteiger partial charge in [0.15, 0.2) is 0 Å². The van der Waals surface area contributed by atoms with Gasteiger partial charge in [0.25, 0.3) is 0 Å². The molecule has 0 N–H and O–H groups in total. The van der Waals surface area contributed by atoms with E-state index in [-0.39, 0.29) is 77.4 Å². The molecule has 4 aliphatic carbocycles.